The SMILES string of the molecule is CC(N)Cc1cc(Br)ccc1OCc1cccc(F)c1Br. The number of rotatable bonds is 5. The van der Waals surface area contributed by atoms with Crippen LogP contribution in [0.1, 0.15) is 18.1 Å². The maximum Gasteiger partial charge on any atom is 0.137 e. The van der Waals surface area contributed by atoms with E-state index in [1.54, 1.807) is 6.07 Å². The predicted octanol–water partition coefficient (Wildman–Crippen LogP) is 4.82. The van der Waals surface area contributed by atoms with Crippen LogP contribution in [0.2, 0.25) is 0 Å². The van der Waals surface area contributed by atoms with Crippen molar-refractivity contribution in [3.8, 4) is 5.75 Å². The minimum atomic E-state index is -0.289. The lowest BCUT2D eigenvalue weighted by Gasteiger charge is -2.14. The molecule has 0 aliphatic heterocycles. The number of benzene rings is 2. The molecule has 0 fully saturated rings. The Morgan fingerprint density at radius 2 is 1.95 bits per heavy atom. The predicted molar refractivity (Wildman–Crippen MR) is 89.9 cm³/mol. The van der Waals surface area contributed by atoms with E-state index >= 15 is 0 Å². The standard InChI is InChI=1S/C16H16Br2FNO/c1-10(20)7-12-8-13(17)5-6-15(12)21-9-11-3-2-4-14(19)16(11)18/h2-6,8,10H,7,9,20H2,1H3. The fraction of sp³-hybridized carbons (Fsp3) is 0.250. The van der Waals surface area contributed by atoms with Crippen molar-refractivity contribution in [2.45, 2.75) is 26.0 Å². The van der Waals surface area contributed by atoms with E-state index in [0.29, 0.717) is 11.1 Å². The summed E-state index contributed by atoms with van der Waals surface area (Å²) in [4.78, 5) is 0. The highest BCUT2D eigenvalue weighted by Gasteiger charge is 2.10. The highest BCUT2D eigenvalue weighted by molar-refractivity contribution is 9.10. The van der Waals surface area contributed by atoms with Crippen molar-refractivity contribution in [1.29, 1.82) is 0 Å². The molecule has 2 aromatic rings. The van der Waals surface area contributed by atoms with Gasteiger partial charge >= 0.3 is 0 Å². The van der Waals surface area contributed by atoms with Gasteiger partial charge in [-0.25, -0.2) is 4.39 Å². The molecule has 0 aromatic heterocycles. The van der Waals surface area contributed by atoms with Gasteiger partial charge in [0.05, 0.1) is 4.47 Å². The molecule has 2 aromatic carbocycles. The molecule has 0 bridgehead atoms. The van der Waals surface area contributed by atoms with Gasteiger partial charge in [0.2, 0.25) is 0 Å². The third-order valence-corrected chi connectivity index (χ3v) is 4.36. The molecule has 0 aliphatic rings. The van der Waals surface area contributed by atoms with E-state index in [0.717, 1.165) is 27.8 Å². The molecule has 0 radical (unpaired) electrons. The lowest BCUT2D eigenvalue weighted by Crippen LogP contribution is -2.18. The molecule has 0 spiro atoms. The van der Waals surface area contributed by atoms with Gasteiger partial charge in [0, 0.05) is 16.1 Å². The molecule has 2 N–H and O–H groups in total. The van der Waals surface area contributed by atoms with Gasteiger partial charge in [0.25, 0.3) is 0 Å². The largest absolute Gasteiger partial charge is 0.489 e. The molecule has 112 valence electrons. The summed E-state index contributed by atoms with van der Waals surface area (Å²) in [5, 5.41) is 0. The molecule has 0 saturated carbocycles. The van der Waals surface area contributed by atoms with Gasteiger partial charge in [-0.05, 0) is 59.1 Å². The lowest BCUT2D eigenvalue weighted by atomic mass is 10.1. The fourth-order valence-corrected chi connectivity index (χ4v) is 2.80. The van der Waals surface area contributed by atoms with Crippen LogP contribution >= 0.6 is 31.9 Å². The number of hydrogen-bond donors (Lipinski definition) is 1. The molecule has 0 saturated heterocycles. The first-order chi connectivity index (χ1) is 9.97. The van der Waals surface area contributed by atoms with Crippen LogP contribution in [0.15, 0.2) is 45.3 Å². The van der Waals surface area contributed by atoms with E-state index in [1.165, 1.54) is 6.07 Å². The molecular weight excluding hydrogens is 401 g/mol. The molecule has 1 atom stereocenters. The van der Waals surface area contributed by atoms with E-state index in [4.69, 9.17) is 10.5 Å². The normalized spacial score (nSPS) is 12.2. The Labute approximate surface area is 140 Å². The fourth-order valence-electron chi connectivity index (χ4n) is 2.01. The maximum absolute atomic E-state index is 13.5. The second kappa shape index (κ2) is 7.38. The Morgan fingerprint density at radius 1 is 1.19 bits per heavy atom. The lowest BCUT2D eigenvalue weighted by molar-refractivity contribution is 0.301. The van der Waals surface area contributed by atoms with Crippen molar-refractivity contribution in [1.82, 2.24) is 0 Å². The second-order valence-corrected chi connectivity index (χ2v) is 6.64. The van der Waals surface area contributed by atoms with Crippen molar-refractivity contribution in [3.63, 3.8) is 0 Å². The van der Waals surface area contributed by atoms with Crippen LogP contribution < -0.4 is 10.5 Å². The molecule has 5 heteroatoms. The summed E-state index contributed by atoms with van der Waals surface area (Å²) in [5.41, 5.74) is 7.67. The monoisotopic (exact) mass is 415 g/mol. The van der Waals surface area contributed by atoms with Crippen LogP contribution in [0.4, 0.5) is 4.39 Å². The summed E-state index contributed by atoms with van der Waals surface area (Å²) >= 11 is 6.69. The van der Waals surface area contributed by atoms with E-state index in [9.17, 15) is 4.39 Å². The third kappa shape index (κ3) is 4.53. The topological polar surface area (TPSA) is 35.2 Å². The average Bonchev–Trinajstić information content (AvgIpc) is 2.41. The van der Waals surface area contributed by atoms with E-state index in [1.807, 2.05) is 31.2 Å². The van der Waals surface area contributed by atoms with Gasteiger partial charge in [-0.3, -0.25) is 0 Å². The number of hydrogen-bond acceptors (Lipinski definition) is 2. The Kier molecular flexibility index (Phi) is 5.79. The van der Waals surface area contributed by atoms with Gasteiger partial charge in [-0.2, -0.15) is 0 Å². The minimum absolute atomic E-state index is 0.0440. The van der Waals surface area contributed by atoms with E-state index < -0.39 is 0 Å². The zero-order valence-electron chi connectivity index (χ0n) is 11.6. The molecule has 0 heterocycles. The summed E-state index contributed by atoms with van der Waals surface area (Å²) in [7, 11) is 0. The molecule has 1 unspecified atom stereocenters. The van der Waals surface area contributed by atoms with Crippen LogP contribution in [0.5, 0.6) is 5.75 Å². The first kappa shape index (κ1) is 16.5. The third-order valence-electron chi connectivity index (χ3n) is 2.98. The number of ether oxygens (including phenoxy) is 1. The average molecular weight is 417 g/mol. The first-order valence-corrected chi connectivity index (χ1v) is 8.15. The number of halogens is 3. The molecular formula is C16H16Br2FNO. The zero-order valence-corrected chi connectivity index (χ0v) is 14.7. The van der Waals surface area contributed by atoms with Crippen LogP contribution in [0, 0.1) is 5.82 Å². The van der Waals surface area contributed by atoms with Crippen LogP contribution in [0.25, 0.3) is 0 Å². The molecule has 2 rings (SSSR count). The van der Waals surface area contributed by atoms with Crippen LogP contribution in [-0.4, -0.2) is 6.04 Å². The molecule has 0 aliphatic carbocycles. The van der Waals surface area contributed by atoms with E-state index in [-0.39, 0.29) is 11.9 Å². The highest BCUT2D eigenvalue weighted by Crippen LogP contribution is 2.27. The Bertz CT molecular complexity index is 632. The van der Waals surface area contributed by atoms with Gasteiger partial charge in [-0.1, -0.05) is 28.1 Å². The van der Waals surface area contributed by atoms with Gasteiger partial charge < -0.3 is 10.5 Å². The molecule has 2 nitrogen and oxygen atoms in total. The second-order valence-electron chi connectivity index (χ2n) is 4.94. The smallest absolute Gasteiger partial charge is 0.137 e. The summed E-state index contributed by atoms with van der Waals surface area (Å²) in [6.07, 6.45) is 0.721. The molecule has 21 heavy (non-hydrogen) atoms. The molecule has 0 amide bonds. The summed E-state index contributed by atoms with van der Waals surface area (Å²) in [6, 6.07) is 10.8. The van der Waals surface area contributed by atoms with Crippen molar-refractivity contribution in [3.05, 3.63) is 62.3 Å². The van der Waals surface area contributed by atoms with Crippen molar-refractivity contribution in [2.75, 3.05) is 0 Å². The van der Waals surface area contributed by atoms with Crippen molar-refractivity contribution >= 4 is 31.9 Å². The van der Waals surface area contributed by atoms with Crippen molar-refractivity contribution in [2.24, 2.45) is 5.73 Å². The van der Waals surface area contributed by atoms with Crippen molar-refractivity contribution < 1.29 is 9.13 Å². The quantitative estimate of drug-likeness (QED) is 0.758. The van der Waals surface area contributed by atoms with Gasteiger partial charge in [-0.15, -0.1) is 0 Å². The van der Waals surface area contributed by atoms with Crippen LogP contribution in [-0.2, 0) is 13.0 Å². The van der Waals surface area contributed by atoms with Gasteiger partial charge in [0.15, 0.2) is 0 Å². The Hall–Kier alpha value is -0.910. The Balaban J connectivity index is 2.18. The minimum Gasteiger partial charge on any atom is -0.489 e. The number of nitrogens with two attached hydrogens (primary N) is 1. The first-order valence-electron chi connectivity index (χ1n) is 6.57. The maximum atomic E-state index is 13.5. The van der Waals surface area contributed by atoms with Crippen LogP contribution in [0.3, 0.4) is 0 Å². The summed E-state index contributed by atoms with van der Waals surface area (Å²) < 4.78 is 20.8. The summed E-state index contributed by atoms with van der Waals surface area (Å²) in [5.74, 6) is 0.481. The van der Waals surface area contributed by atoms with Gasteiger partial charge in [0.1, 0.15) is 18.2 Å². The highest BCUT2D eigenvalue weighted by atomic mass is 79.9. The Morgan fingerprint density at radius 3 is 2.67 bits per heavy atom. The van der Waals surface area contributed by atoms with E-state index in [2.05, 4.69) is 31.9 Å². The summed E-state index contributed by atoms with van der Waals surface area (Å²) in [6.45, 7) is 2.25. The zero-order chi connectivity index (χ0) is 15.4.